The van der Waals surface area contributed by atoms with Crippen molar-refractivity contribution in [3.05, 3.63) is 88.9 Å². The average molecular weight is 416 g/mol. The van der Waals surface area contributed by atoms with E-state index >= 15 is 0 Å². The van der Waals surface area contributed by atoms with Crippen LogP contribution in [-0.2, 0) is 10.0 Å². The van der Waals surface area contributed by atoms with Gasteiger partial charge < -0.3 is 4.74 Å². The van der Waals surface area contributed by atoms with Crippen LogP contribution in [0.2, 0.25) is 5.02 Å². The zero-order chi connectivity index (χ0) is 20.3. The summed E-state index contributed by atoms with van der Waals surface area (Å²) in [6.07, 6.45) is 0. The number of methoxy groups -OCH3 is 1. The molecule has 28 heavy (non-hydrogen) atoms. The minimum atomic E-state index is -4.17. The van der Waals surface area contributed by atoms with E-state index in [-0.39, 0.29) is 10.6 Å². The quantitative estimate of drug-likeness (QED) is 0.606. The van der Waals surface area contributed by atoms with E-state index < -0.39 is 15.9 Å². The topological polar surface area (TPSA) is 63.7 Å². The third kappa shape index (κ3) is 3.88. The van der Waals surface area contributed by atoms with Crippen molar-refractivity contribution in [1.82, 2.24) is 0 Å². The Morgan fingerprint density at radius 1 is 0.929 bits per heavy atom. The second-order valence-corrected chi connectivity index (χ2v) is 8.26. The van der Waals surface area contributed by atoms with Gasteiger partial charge in [-0.05, 0) is 67.1 Å². The SMILES string of the molecule is COc1ccc(N(C(=O)c2ccccc2C)S(=O)(=O)c2ccc(Cl)cc2)cc1. The molecule has 1 amide bonds. The molecule has 3 aromatic rings. The lowest BCUT2D eigenvalue weighted by Crippen LogP contribution is -2.37. The largest absolute Gasteiger partial charge is 0.497 e. The molecule has 144 valence electrons. The Kier molecular flexibility index (Phi) is 5.72. The van der Waals surface area contributed by atoms with Crippen LogP contribution < -0.4 is 9.04 Å². The second kappa shape index (κ2) is 8.04. The third-order valence-electron chi connectivity index (χ3n) is 4.22. The van der Waals surface area contributed by atoms with Crippen LogP contribution in [0.25, 0.3) is 0 Å². The smallest absolute Gasteiger partial charge is 0.272 e. The van der Waals surface area contributed by atoms with Gasteiger partial charge in [-0.15, -0.1) is 0 Å². The number of rotatable bonds is 5. The summed E-state index contributed by atoms with van der Waals surface area (Å²) in [5.74, 6) is -0.0888. The van der Waals surface area contributed by atoms with Crippen molar-refractivity contribution >= 4 is 33.2 Å². The Balaban J connectivity index is 2.17. The van der Waals surface area contributed by atoms with Crippen molar-refractivity contribution in [2.75, 3.05) is 11.4 Å². The predicted octanol–water partition coefficient (Wildman–Crippen LogP) is 4.69. The molecule has 3 aromatic carbocycles. The monoisotopic (exact) mass is 415 g/mol. The molecule has 0 aliphatic rings. The fourth-order valence-electron chi connectivity index (χ4n) is 2.72. The van der Waals surface area contributed by atoms with E-state index in [9.17, 15) is 13.2 Å². The number of carbonyl (C=O) groups excluding carboxylic acids is 1. The summed E-state index contributed by atoms with van der Waals surface area (Å²) in [6, 6.07) is 18.8. The van der Waals surface area contributed by atoms with Crippen LogP contribution in [0.1, 0.15) is 15.9 Å². The fraction of sp³-hybridized carbons (Fsp3) is 0.0952. The zero-order valence-corrected chi connectivity index (χ0v) is 16.9. The fourth-order valence-corrected chi connectivity index (χ4v) is 4.25. The van der Waals surface area contributed by atoms with Gasteiger partial charge in [0.1, 0.15) is 5.75 Å². The maximum atomic E-state index is 13.4. The first-order chi connectivity index (χ1) is 13.3. The van der Waals surface area contributed by atoms with Crippen molar-refractivity contribution in [2.24, 2.45) is 0 Å². The van der Waals surface area contributed by atoms with Gasteiger partial charge in [-0.2, -0.15) is 4.31 Å². The van der Waals surface area contributed by atoms with Crippen LogP contribution in [0.15, 0.2) is 77.7 Å². The van der Waals surface area contributed by atoms with E-state index in [4.69, 9.17) is 16.3 Å². The molecule has 0 spiro atoms. The first-order valence-corrected chi connectivity index (χ1v) is 10.2. The number of benzene rings is 3. The minimum Gasteiger partial charge on any atom is -0.497 e. The molecule has 5 nitrogen and oxygen atoms in total. The lowest BCUT2D eigenvalue weighted by Gasteiger charge is -2.23. The maximum Gasteiger partial charge on any atom is 0.272 e. The van der Waals surface area contributed by atoms with E-state index in [1.807, 2.05) is 0 Å². The van der Waals surface area contributed by atoms with Gasteiger partial charge in [0.2, 0.25) is 0 Å². The van der Waals surface area contributed by atoms with E-state index in [2.05, 4.69) is 0 Å². The maximum absolute atomic E-state index is 13.4. The van der Waals surface area contributed by atoms with Gasteiger partial charge >= 0.3 is 0 Å². The van der Waals surface area contributed by atoms with Gasteiger partial charge in [-0.1, -0.05) is 29.8 Å². The molecule has 0 N–H and O–H groups in total. The summed E-state index contributed by atoms with van der Waals surface area (Å²) in [5, 5.41) is 0.403. The first-order valence-electron chi connectivity index (χ1n) is 8.39. The van der Waals surface area contributed by atoms with E-state index in [1.165, 1.54) is 43.5 Å². The molecule has 0 aromatic heterocycles. The first kappa shape index (κ1) is 19.9. The van der Waals surface area contributed by atoms with Crippen LogP contribution in [0, 0.1) is 6.92 Å². The van der Waals surface area contributed by atoms with E-state index in [0.29, 0.717) is 21.9 Å². The summed E-state index contributed by atoms with van der Waals surface area (Å²) in [6.45, 7) is 1.76. The van der Waals surface area contributed by atoms with Gasteiger partial charge in [0.15, 0.2) is 0 Å². The predicted molar refractivity (Wildman–Crippen MR) is 110 cm³/mol. The second-order valence-electron chi connectivity index (χ2n) is 6.04. The third-order valence-corrected chi connectivity index (χ3v) is 6.20. The number of ether oxygens (including phenoxy) is 1. The summed E-state index contributed by atoms with van der Waals surface area (Å²) < 4.78 is 32.6. The Hall–Kier alpha value is -2.83. The highest BCUT2D eigenvalue weighted by Gasteiger charge is 2.32. The van der Waals surface area contributed by atoms with Crippen LogP contribution in [0.5, 0.6) is 5.75 Å². The van der Waals surface area contributed by atoms with Crippen LogP contribution in [-0.4, -0.2) is 21.4 Å². The molecule has 0 unspecified atom stereocenters. The molecule has 0 atom stereocenters. The Morgan fingerprint density at radius 2 is 1.54 bits per heavy atom. The van der Waals surface area contributed by atoms with Gasteiger partial charge in [-0.25, -0.2) is 8.42 Å². The molecule has 3 rings (SSSR count). The number of carbonyl (C=O) groups is 1. The molecule has 0 aliphatic heterocycles. The standard InChI is InChI=1S/C21H18ClNO4S/c1-15-5-3-4-6-20(15)21(24)23(17-9-11-18(27-2)12-10-17)28(25,26)19-13-7-16(22)8-14-19/h3-14H,1-2H3. The molecule has 0 heterocycles. The molecule has 0 saturated carbocycles. The number of sulfonamides is 1. The van der Waals surface area contributed by atoms with Crippen molar-refractivity contribution in [2.45, 2.75) is 11.8 Å². The van der Waals surface area contributed by atoms with Gasteiger partial charge in [0.25, 0.3) is 15.9 Å². The summed E-state index contributed by atoms with van der Waals surface area (Å²) in [5.41, 5.74) is 1.19. The highest BCUT2D eigenvalue weighted by molar-refractivity contribution is 7.93. The number of hydrogen-bond donors (Lipinski definition) is 0. The molecule has 0 bridgehead atoms. The lowest BCUT2D eigenvalue weighted by atomic mass is 10.1. The average Bonchev–Trinajstić information content (AvgIpc) is 2.69. The summed E-state index contributed by atoms with van der Waals surface area (Å²) in [7, 11) is -2.66. The molecule has 0 radical (unpaired) electrons. The Bertz CT molecular complexity index is 1090. The van der Waals surface area contributed by atoms with Crippen LogP contribution in [0.4, 0.5) is 5.69 Å². The summed E-state index contributed by atoms with van der Waals surface area (Å²) in [4.78, 5) is 13.3. The highest BCUT2D eigenvalue weighted by Crippen LogP contribution is 2.29. The van der Waals surface area contributed by atoms with Crippen molar-refractivity contribution in [1.29, 1.82) is 0 Å². The molecule has 0 aliphatic carbocycles. The van der Waals surface area contributed by atoms with E-state index in [0.717, 1.165) is 4.31 Å². The van der Waals surface area contributed by atoms with Crippen LogP contribution in [0.3, 0.4) is 0 Å². The summed E-state index contributed by atoms with van der Waals surface area (Å²) >= 11 is 5.88. The van der Waals surface area contributed by atoms with E-state index in [1.54, 1.807) is 43.3 Å². The highest BCUT2D eigenvalue weighted by atomic mass is 35.5. The number of aryl methyl sites for hydroxylation is 1. The molecular weight excluding hydrogens is 398 g/mol. The van der Waals surface area contributed by atoms with Crippen molar-refractivity contribution < 1.29 is 17.9 Å². The van der Waals surface area contributed by atoms with Gasteiger partial charge in [0.05, 0.1) is 17.7 Å². The van der Waals surface area contributed by atoms with Crippen molar-refractivity contribution in [3.8, 4) is 5.75 Å². The number of hydrogen-bond acceptors (Lipinski definition) is 4. The number of nitrogens with zero attached hydrogens (tertiary/aromatic N) is 1. The number of amides is 1. The molecule has 0 fully saturated rings. The Morgan fingerprint density at radius 3 is 2.11 bits per heavy atom. The number of halogens is 1. The molecule has 7 heteroatoms. The van der Waals surface area contributed by atoms with Crippen LogP contribution >= 0.6 is 11.6 Å². The molecular formula is C21H18ClNO4S. The van der Waals surface area contributed by atoms with Gasteiger partial charge in [-0.3, -0.25) is 4.79 Å². The molecule has 0 saturated heterocycles. The minimum absolute atomic E-state index is 0.0327. The Labute approximate surface area is 169 Å². The zero-order valence-electron chi connectivity index (χ0n) is 15.3. The number of anilines is 1. The lowest BCUT2D eigenvalue weighted by molar-refractivity contribution is 0.100. The van der Waals surface area contributed by atoms with Gasteiger partial charge in [0, 0.05) is 10.6 Å². The van der Waals surface area contributed by atoms with Crippen molar-refractivity contribution in [3.63, 3.8) is 0 Å². The normalized spacial score (nSPS) is 11.1.